The molecule has 0 heterocycles. The molecule has 0 atom stereocenters. The summed E-state index contributed by atoms with van der Waals surface area (Å²) in [5, 5.41) is 10.2. The van der Waals surface area contributed by atoms with Crippen molar-refractivity contribution in [1.29, 1.82) is 0 Å². The number of hydrogen-bond donors (Lipinski definition) is 1. The molecule has 2 N–H and O–H groups in total. The van der Waals surface area contributed by atoms with E-state index in [-0.39, 0.29) is 35.0 Å². The molecule has 0 saturated carbocycles. The Bertz CT molecular complexity index is 13.5. The summed E-state index contributed by atoms with van der Waals surface area (Å²) in [7, 11) is 0. The topological polar surface area (TPSA) is 50.2 Å². The second kappa shape index (κ2) is 16.0. The van der Waals surface area contributed by atoms with Gasteiger partial charge in [-0.15, -0.1) is 0 Å². The van der Waals surface area contributed by atoms with Gasteiger partial charge < -0.3 is 5.48 Å². The first-order valence-corrected chi connectivity index (χ1v) is 3.51. The SMILES string of the molecule is [CH3][Pd][CH2]O.[Na+].[OH-]. The van der Waals surface area contributed by atoms with Crippen LogP contribution in [0.15, 0.2) is 0 Å². The van der Waals surface area contributed by atoms with Gasteiger partial charge in [-0.05, 0) is 0 Å². The van der Waals surface area contributed by atoms with E-state index in [1.54, 1.807) is 0 Å². The largest absolute Gasteiger partial charge is 1.00 e. The monoisotopic (exact) mass is 192 g/mol. The summed E-state index contributed by atoms with van der Waals surface area (Å²) < 4.78 is 0. The summed E-state index contributed by atoms with van der Waals surface area (Å²) in [6.07, 6.45) is 0. The van der Waals surface area contributed by atoms with Gasteiger partial charge in [0, 0.05) is 0 Å². The fraction of sp³-hybridized carbons (Fsp3) is 1.00. The van der Waals surface area contributed by atoms with E-state index in [0.717, 1.165) is 0 Å². The fourth-order valence-electron chi connectivity index (χ4n) is 0. The molecule has 0 aliphatic heterocycles. The zero-order valence-electron chi connectivity index (χ0n) is 3.92. The first-order chi connectivity index (χ1) is 1.91. The van der Waals surface area contributed by atoms with Gasteiger partial charge in [-0.25, -0.2) is 0 Å². The predicted molar refractivity (Wildman–Crippen MR) is 14.9 cm³/mol. The van der Waals surface area contributed by atoms with Crippen LogP contribution in [-0.2, 0) is 18.0 Å². The summed E-state index contributed by atoms with van der Waals surface area (Å²) in [6, 6.07) is 0. The molecule has 0 unspecified atom stereocenters. The van der Waals surface area contributed by atoms with Crippen LogP contribution in [0.4, 0.5) is 0 Å². The summed E-state index contributed by atoms with van der Waals surface area (Å²) in [4.78, 5) is 0. The van der Waals surface area contributed by atoms with Crippen LogP contribution in [-0.4, -0.2) is 15.7 Å². The van der Waals surface area contributed by atoms with Crippen LogP contribution in [0.25, 0.3) is 0 Å². The molecule has 0 rings (SSSR count). The minimum absolute atomic E-state index is 0. The Morgan fingerprint density at radius 2 is 1.83 bits per heavy atom. The summed E-state index contributed by atoms with van der Waals surface area (Å²) in [6.45, 7) is 0. The summed E-state index contributed by atoms with van der Waals surface area (Å²) in [5.41, 5.74) is 0. The van der Waals surface area contributed by atoms with Crippen molar-refractivity contribution in [2.45, 2.75) is 5.40 Å². The van der Waals surface area contributed by atoms with Crippen LogP contribution in [0.3, 0.4) is 0 Å². The molecular weight excluding hydrogens is 185 g/mol. The predicted octanol–water partition coefficient (Wildman–Crippen LogP) is -3.11. The third kappa shape index (κ3) is 17.6. The molecule has 4 heteroatoms. The van der Waals surface area contributed by atoms with Crippen molar-refractivity contribution in [3.05, 3.63) is 0 Å². The Morgan fingerprint density at radius 1 is 1.67 bits per heavy atom. The third-order valence-corrected chi connectivity index (χ3v) is 0.592. The average Bonchev–Trinajstić information content (AvgIpc) is 1.37. The van der Waals surface area contributed by atoms with Crippen molar-refractivity contribution in [3.8, 4) is 0 Å². The fourth-order valence-corrected chi connectivity index (χ4v) is 0. The third-order valence-electron chi connectivity index (χ3n) is 0.100. The van der Waals surface area contributed by atoms with E-state index in [1.165, 1.54) is 0 Å². The van der Waals surface area contributed by atoms with Crippen LogP contribution in [0, 0.1) is 0 Å². The molecule has 0 saturated heterocycles. The van der Waals surface area contributed by atoms with Crippen molar-refractivity contribution in [2.75, 3.05) is 5.08 Å². The van der Waals surface area contributed by atoms with Crippen molar-refractivity contribution >= 4 is 0 Å². The van der Waals surface area contributed by atoms with Crippen molar-refractivity contribution in [1.82, 2.24) is 0 Å². The van der Waals surface area contributed by atoms with Gasteiger partial charge in [-0.2, -0.15) is 0 Å². The van der Waals surface area contributed by atoms with Gasteiger partial charge in [-0.1, -0.05) is 0 Å². The van der Waals surface area contributed by atoms with Crippen LogP contribution in [0.1, 0.15) is 0 Å². The first-order valence-electron chi connectivity index (χ1n) is 0.856. The maximum atomic E-state index is 7.90. The van der Waals surface area contributed by atoms with E-state index in [9.17, 15) is 0 Å². The normalized spacial score (nSPS) is 5.67. The van der Waals surface area contributed by atoms with Gasteiger partial charge in [0.15, 0.2) is 0 Å². The average molecular weight is 192 g/mol. The number of hydrogen-bond acceptors (Lipinski definition) is 2. The molecule has 2 nitrogen and oxygen atoms in total. The Morgan fingerprint density at radius 3 is 1.83 bits per heavy atom. The van der Waals surface area contributed by atoms with Gasteiger partial charge >= 0.3 is 63.1 Å². The Balaban J connectivity index is -0.0000000450. The van der Waals surface area contributed by atoms with E-state index >= 15 is 0 Å². The summed E-state index contributed by atoms with van der Waals surface area (Å²) in [5.74, 6) is 0. The molecule has 0 bridgehead atoms. The van der Waals surface area contributed by atoms with Gasteiger partial charge in [0.05, 0.1) is 0 Å². The zero-order valence-corrected chi connectivity index (χ0v) is 7.47. The second-order valence-electron chi connectivity index (χ2n) is 0.324. The van der Waals surface area contributed by atoms with E-state index in [0.29, 0.717) is 23.1 Å². The number of aliphatic hydroxyl groups excluding tert-OH is 1. The standard InChI is InChI=1S/CH3O.CH3.Na.H2O.Pd/c1-2;;;;/h2H,1H2;1H3;;1H2;/q;;+1;;/p-1. The van der Waals surface area contributed by atoms with Gasteiger partial charge in [-0.3, -0.25) is 0 Å². The Hall–Kier alpha value is 1.58. The maximum Gasteiger partial charge on any atom is 1.00 e. The zero-order chi connectivity index (χ0) is 3.41. The molecule has 0 aliphatic carbocycles. The van der Waals surface area contributed by atoms with E-state index in [2.05, 4.69) is 0 Å². The Kier molecular flexibility index (Phi) is 41.7. The van der Waals surface area contributed by atoms with Gasteiger partial charge in [0.1, 0.15) is 0 Å². The molecular formula is C2H7NaO2Pd. The van der Waals surface area contributed by atoms with Crippen LogP contribution < -0.4 is 29.6 Å². The Labute approximate surface area is 68.1 Å². The number of rotatable bonds is 1. The summed E-state index contributed by atoms with van der Waals surface area (Å²) >= 11 is 0.553. The van der Waals surface area contributed by atoms with Crippen molar-refractivity contribution in [2.24, 2.45) is 0 Å². The molecule has 0 aromatic heterocycles. The maximum absolute atomic E-state index is 7.90. The molecule has 0 fully saturated rings. The van der Waals surface area contributed by atoms with Gasteiger partial charge in [0.25, 0.3) is 0 Å². The molecule has 0 aromatic carbocycles. The van der Waals surface area contributed by atoms with Crippen LogP contribution in [0.5, 0.6) is 0 Å². The van der Waals surface area contributed by atoms with Crippen molar-refractivity contribution < 1.29 is 58.1 Å². The molecule has 6 heavy (non-hydrogen) atoms. The number of aliphatic hydroxyl groups is 1. The van der Waals surface area contributed by atoms with E-state index in [1.807, 2.05) is 5.40 Å². The minimum atomic E-state index is 0. The molecule has 0 radical (unpaired) electrons. The van der Waals surface area contributed by atoms with Crippen molar-refractivity contribution in [3.63, 3.8) is 0 Å². The van der Waals surface area contributed by atoms with E-state index in [4.69, 9.17) is 5.11 Å². The smallest absolute Gasteiger partial charge is 0.870 e. The van der Waals surface area contributed by atoms with Gasteiger partial charge in [0.2, 0.25) is 0 Å². The molecule has 0 spiro atoms. The molecule has 0 amide bonds. The molecule has 38 valence electrons. The molecule has 0 aromatic rings. The quantitative estimate of drug-likeness (QED) is 0.448. The molecule has 0 aliphatic rings. The van der Waals surface area contributed by atoms with Crippen LogP contribution >= 0.6 is 0 Å². The second-order valence-corrected chi connectivity index (χ2v) is 1.91. The minimum Gasteiger partial charge on any atom is -0.870 e. The first kappa shape index (κ1) is 15.6. The van der Waals surface area contributed by atoms with E-state index < -0.39 is 0 Å². The van der Waals surface area contributed by atoms with Crippen LogP contribution in [0.2, 0.25) is 5.40 Å².